The maximum Gasteiger partial charge on any atom is 0.107 e. The largest absolute Gasteiger partial charge is 0.392 e. The average molecular weight is 198 g/mol. The Balaban J connectivity index is 4.52. The number of allylic oxidation sites excluding steroid dienone is 4. The van der Waals surface area contributed by atoms with Crippen LogP contribution in [-0.2, 0) is 0 Å². The van der Waals surface area contributed by atoms with Crippen LogP contribution in [0.5, 0.6) is 0 Å². The van der Waals surface area contributed by atoms with Gasteiger partial charge < -0.3 is 15.3 Å². The average Bonchev–Trinajstić information content (AvgIpc) is 2.19. The lowest BCUT2D eigenvalue weighted by atomic mass is 10.0. The van der Waals surface area contributed by atoms with Gasteiger partial charge in [0.25, 0.3) is 0 Å². The first-order valence-electron chi connectivity index (χ1n) is 4.58. The van der Waals surface area contributed by atoms with Crippen molar-refractivity contribution >= 4 is 0 Å². The molecule has 0 saturated carbocycles. The summed E-state index contributed by atoms with van der Waals surface area (Å²) in [5.74, 6) is 0. The van der Waals surface area contributed by atoms with Crippen LogP contribution >= 0.6 is 0 Å². The van der Waals surface area contributed by atoms with E-state index < -0.39 is 12.2 Å². The minimum Gasteiger partial charge on any atom is -0.392 e. The van der Waals surface area contributed by atoms with Crippen LogP contribution in [0.4, 0.5) is 0 Å². The Morgan fingerprint density at radius 3 is 2.29 bits per heavy atom. The second-order valence-corrected chi connectivity index (χ2v) is 2.89. The summed E-state index contributed by atoms with van der Waals surface area (Å²) in [6.07, 6.45) is 6.19. The minimum atomic E-state index is -1.05. The molecule has 80 valence electrons. The van der Waals surface area contributed by atoms with Gasteiger partial charge in [-0.15, -0.1) is 0 Å². The monoisotopic (exact) mass is 198 g/mol. The van der Waals surface area contributed by atoms with Crippen molar-refractivity contribution in [2.45, 2.75) is 26.1 Å². The van der Waals surface area contributed by atoms with Crippen LogP contribution < -0.4 is 0 Å². The molecule has 0 aliphatic heterocycles. The summed E-state index contributed by atoms with van der Waals surface area (Å²) in [4.78, 5) is 0. The first-order valence-corrected chi connectivity index (χ1v) is 4.58. The summed E-state index contributed by atoms with van der Waals surface area (Å²) in [5.41, 5.74) is 0.397. The Hall–Kier alpha value is -0.900. The quantitative estimate of drug-likeness (QED) is 0.452. The summed E-state index contributed by atoms with van der Waals surface area (Å²) < 4.78 is 0. The second kappa shape index (κ2) is 7.50. The van der Waals surface area contributed by atoms with Crippen LogP contribution in [0.2, 0.25) is 0 Å². The molecule has 0 fully saturated rings. The van der Waals surface area contributed by atoms with Gasteiger partial charge in [0.2, 0.25) is 0 Å². The molecule has 0 aromatic carbocycles. The van der Waals surface area contributed by atoms with Crippen LogP contribution in [-0.4, -0.2) is 34.1 Å². The van der Waals surface area contributed by atoms with Gasteiger partial charge in [0.05, 0.1) is 6.61 Å². The summed E-state index contributed by atoms with van der Waals surface area (Å²) in [6.45, 7) is 3.32. The second-order valence-electron chi connectivity index (χ2n) is 2.89. The fraction of sp³-hybridized carbons (Fsp3) is 0.455. The fourth-order valence-electron chi connectivity index (χ4n) is 0.986. The van der Waals surface area contributed by atoms with Crippen molar-refractivity contribution in [3.63, 3.8) is 0 Å². The number of aliphatic hydroxyl groups is 3. The number of aliphatic hydroxyl groups excluding tert-OH is 3. The molecule has 0 heterocycles. The van der Waals surface area contributed by atoms with Gasteiger partial charge in [0.15, 0.2) is 0 Å². The lowest BCUT2D eigenvalue weighted by Gasteiger charge is -2.16. The van der Waals surface area contributed by atoms with Crippen molar-refractivity contribution in [1.29, 1.82) is 0 Å². The lowest BCUT2D eigenvalue weighted by Crippen LogP contribution is -2.27. The third-order valence-corrected chi connectivity index (χ3v) is 1.78. The van der Waals surface area contributed by atoms with E-state index >= 15 is 0 Å². The molecule has 0 aromatic heterocycles. The smallest absolute Gasteiger partial charge is 0.107 e. The van der Waals surface area contributed by atoms with E-state index in [4.69, 9.17) is 5.11 Å². The molecule has 3 heteroatoms. The van der Waals surface area contributed by atoms with Crippen molar-refractivity contribution in [2.75, 3.05) is 6.61 Å². The van der Waals surface area contributed by atoms with Crippen molar-refractivity contribution in [1.82, 2.24) is 0 Å². The normalized spacial score (nSPS) is 17.9. The Kier molecular flexibility index (Phi) is 7.02. The molecule has 0 amide bonds. The van der Waals surface area contributed by atoms with Crippen molar-refractivity contribution in [3.8, 4) is 0 Å². The SMILES string of the molecule is C/C=C\[C@H](O)[C@H](O)/C(=C\C=C\C)CO. The fourth-order valence-corrected chi connectivity index (χ4v) is 0.986. The van der Waals surface area contributed by atoms with Gasteiger partial charge in [-0.25, -0.2) is 0 Å². The molecule has 0 unspecified atom stereocenters. The van der Waals surface area contributed by atoms with E-state index in [2.05, 4.69) is 0 Å². The zero-order valence-electron chi connectivity index (χ0n) is 8.59. The highest BCUT2D eigenvalue weighted by Gasteiger charge is 2.16. The van der Waals surface area contributed by atoms with Crippen molar-refractivity contribution < 1.29 is 15.3 Å². The van der Waals surface area contributed by atoms with Gasteiger partial charge in [-0.1, -0.05) is 30.4 Å². The van der Waals surface area contributed by atoms with Gasteiger partial charge in [-0.05, 0) is 19.4 Å². The Morgan fingerprint density at radius 1 is 1.21 bits per heavy atom. The molecular formula is C11H18O3. The zero-order chi connectivity index (χ0) is 11.0. The van der Waals surface area contributed by atoms with E-state index in [1.54, 1.807) is 31.2 Å². The highest BCUT2D eigenvalue weighted by molar-refractivity contribution is 5.19. The van der Waals surface area contributed by atoms with Crippen LogP contribution in [0.25, 0.3) is 0 Å². The maximum atomic E-state index is 9.57. The number of hydrogen-bond acceptors (Lipinski definition) is 3. The predicted molar refractivity (Wildman–Crippen MR) is 56.8 cm³/mol. The topological polar surface area (TPSA) is 60.7 Å². The molecule has 0 aliphatic rings. The molecule has 14 heavy (non-hydrogen) atoms. The third kappa shape index (κ3) is 4.37. The molecule has 0 radical (unpaired) electrons. The molecule has 2 atom stereocenters. The molecule has 3 nitrogen and oxygen atoms in total. The highest BCUT2D eigenvalue weighted by Crippen LogP contribution is 2.08. The van der Waals surface area contributed by atoms with E-state index in [0.717, 1.165) is 0 Å². The minimum absolute atomic E-state index is 0.264. The zero-order valence-corrected chi connectivity index (χ0v) is 8.59. The molecule has 0 saturated heterocycles. The first-order chi connectivity index (χ1) is 6.67. The standard InChI is InChI=1S/C11H18O3/c1-3-5-7-9(8-12)11(14)10(13)6-4-2/h3-7,10-14H,8H2,1-2H3/b5-3+,6-4-,9-7-/t10-,11+/m0/s1. The van der Waals surface area contributed by atoms with Crippen molar-refractivity contribution in [3.05, 3.63) is 36.0 Å². The third-order valence-electron chi connectivity index (χ3n) is 1.78. The lowest BCUT2D eigenvalue weighted by molar-refractivity contribution is 0.0654. The first kappa shape index (κ1) is 13.1. The van der Waals surface area contributed by atoms with Crippen LogP contribution in [0.15, 0.2) is 36.0 Å². The molecule has 0 spiro atoms. The summed E-state index contributed by atoms with van der Waals surface area (Å²) in [5, 5.41) is 27.9. The van der Waals surface area contributed by atoms with Crippen LogP contribution in [0.1, 0.15) is 13.8 Å². The van der Waals surface area contributed by atoms with Gasteiger partial charge in [0.1, 0.15) is 12.2 Å². The Morgan fingerprint density at radius 2 is 1.86 bits per heavy atom. The maximum absolute atomic E-state index is 9.57. The van der Waals surface area contributed by atoms with E-state index in [1.165, 1.54) is 6.08 Å². The summed E-state index contributed by atoms with van der Waals surface area (Å²) in [7, 11) is 0. The van der Waals surface area contributed by atoms with Gasteiger partial charge >= 0.3 is 0 Å². The molecule has 0 aliphatic carbocycles. The van der Waals surface area contributed by atoms with Crippen LogP contribution in [0.3, 0.4) is 0 Å². The van der Waals surface area contributed by atoms with Gasteiger partial charge in [0, 0.05) is 0 Å². The van der Waals surface area contributed by atoms with Crippen molar-refractivity contribution in [2.24, 2.45) is 0 Å². The molecule has 0 bridgehead atoms. The van der Waals surface area contributed by atoms with Gasteiger partial charge in [-0.2, -0.15) is 0 Å². The number of hydrogen-bond donors (Lipinski definition) is 3. The molecule has 3 N–H and O–H groups in total. The molecule has 0 aromatic rings. The van der Waals surface area contributed by atoms with E-state index in [0.29, 0.717) is 5.57 Å². The van der Waals surface area contributed by atoms with Gasteiger partial charge in [-0.3, -0.25) is 0 Å². The predicted octanol–water partition coefficient (Wildman–Crippen LogP) is 0.779. The Bertz CT molecular complexity index is 229. The molecule has 0 rings (SSSR count). The van der Waals surface area contributed by atoms with E-state index in [9.17, 15) is 10.2 Å². The van der Waals surface area contributed by atoms with E-state index in [-0.39, 0.29) is 6.61 Å². The van der Waals surface area contributed by atoms with Crippen LogP contribution in [0, 0.1) is 0 Å². The molecular weight excluding hydrogens is 180 g/mol. The summed E-state index contributed by atoms with van der Waals surface area (Å²) >= 11 is 0. The number of rotatable bonds is 5. The highest BCUT2D eigenvalue weighted by atomic mass is 16.3. The van der Waals surface area contributed by atoms with E-state index in [1.807, 2.05) is 6.92 Å². The summed E-state index contributed by atoms with van der Waals surface area (Å²) in [6, 6.07) is 0. The Labute approximate surface area is 84.7 Å².